The molecule has 1 aliphatic carbocycles. The predicted molar refractivity (Wildman–Crippen MR) is 131 cm³/mol. The van der Waals surface area contributed by atoms with Crippen molar-refractivity contribution in [2.75, 3.05) is 13.7 Å². The minimum atomic E-state index is -3.10. The van der Waals surface area contributed by atoms with Crippen molar-refractivity contribution in [1.29, 1.82) is 0 Å². The molecule has 2 unspecified atom stereocenters. The molecule has 2 fully saturated rings. The van der Waals surface area contributed by atoms with Crippen molar-refractivity contribution >= 4 is 29.6 Å². The zero-order chi connectivity index (χ0) is 28.1. The van der Waals surface area contributed by atoms with E-state index in [-0.39, 0.29) is 18.5 Å². The van der Waals surface area contributed by atoms with Crippen molar-refractivity contribution < 1.29 is 37.5 Å². The van der Waals surface area contributed by atoms with Crippen LogP contribution in [0.25, 0.3) is 0 Å². The SMILES string of the molecule is CCC1CCN(C(=O)[C@@H](NC(=O)OC)C(C)(C)C)C1C(=O)N[C@@H](CCC(C)(F)F)C(=O)C(=O)NC1CC1. The number of nitrogens with one attached hydrogen (secondary N) is 3. The first-order valence-corrected chi connectivity index (χ1v) is 12.8. The minimum Gasteiger partial charge on any atom is -0.453 e. The number of hydrogen-bond acceptors (Lipinski definition) is 6. The highest BCUT2D eigenvalue weighted by molar-refractivity contribution is 6.38. The summed E-state index contributed by atoms with van der Waals surface area (Å²) in [6, 6.07) is -3.58. The van der Waals surface area contributed by atoms with Crippen molar-refractivity contribution in [2.24, 2.45) is 11.3 Å². The number of alkyl halides is 2. The summed E-state index contributed by atoms with van der Waals surface area (Å²) in [6.45, 7) is 8.06. The van der Waals surface area contributed by atoms with Gasteiger partial charge in [0.15, 0.2) is 0 Å². The fourth-order valence-electron chi connectivity index (χ4n) is 4.44. The Morgan fingerprint density at radius 1 is 1.03 bits per heavy atom. The number of carbonyl (C=O) groups excluding carboxylic acids is 5. The average Bonchev–Trinajstić information content (AvgIpc) is 3.51. The largest absolute Gasteiger partial charge is 0.453 e. The van der Waals surface area contributed by atoms with E-state index in [1.807, 2.05) is 6.92 Å². The molecule has 2 rings (SSSR count). The number of ketones is 1. The van der Waals surface area contributed by atoms with Crippen LogP contribution >= 0.6 is 0 Å². The summed E-state index contributed by atoms with van der Waals surface area (Å²) in [5, 5.41) is 7.56. The normalized spacial score (nSPS) is 21.6. The number of amides is 4. The number of alkyl carbamates (subject to hydrolysis) is 1. The number of hydrogen-bond donors (Lipinski definition) is 3. The molecule has 3 N–H and O–H groups in total. The lowest BCUT2D eigenvalue weighted by molar-refractivity contribution is -0.144. The molecule has 210 valence electrons. The van der Waals surface area contributed by atoms with Crippen molar-refractivity contribution in [2.45, 2.75) is 103 Å². The summed E-state index contributed by atoms with van der Waals surface area (Å²) >= 11 is 0. The van der Waals surface area contributed by atoms with Gasteiger partial charge in [0, 0.05) is 19.0 Å². The molecule has 0 radical (unpaired) electrons. The highest BCUT2D eigenvalue weighted by atomic mass is 19.3. The Kier molecular flexibility index (Phi) is 10.0. The Morgan fingerprint density at radius 2 is 1.65 bits per heavy atom. The molecule has 1 heterocycles. The first-order chi connectivity index (χ1) is 17.1. The predicted octanol–water partition coefficient (Wildman–Crippen LogP) is 2.15. The molecule has 4 atom stereocenters. The molecule has 12 heteroatoms. The molecule has 4 amide bonds. The number of rotatable bonds is 11. The Hall–Kier alpha value is -2.79. The van der Waals surface area contributed by atoms with E-state index in [1.165, 1.54) is 12.0 Å². The van der Waals surface area contributed by atoms with Crippen molar-refractivity contribution in [1.82, 2.24) is 20.9 Å². The summed E-state index contributed by atoms with van der Waals surface area (Å²) in [7, 11) is 1.18. The van der Waals surface area contributed by atoms with Crippen molar-refractivity contribution in [3.8, 4) is 0 Å². The van der Waals surface area contributed by atoms with Gasteiger partial charge in [-0.2, -0.15) is 0 Å². The number of carbonyl (C=O) groups is 5. The monoisotopic (exact) mass is 530 g/mol. The van der Waals surface area contributed by atoms with E-state index in [1.54, 1.807) is 20.8 Å². The van der Waals surface area contributed by atoms with Gasteiger partial charge in [-0.25, -0.2) is 13.6 Å². The summed E-state index contributed by atoms with van der Waals surface area (Å²) in [6.07, 6.45) is 0.569. The molecular weight excluding hydrogens is 490 g/mol. The van der Waals surface area contributed by atoms with Crippen LogP contribution in [-0.2, 0) is 23.9 Å². The third kappa shape index (κ3) is 8.63. The molecule has 2 aliphatic rings. The second-order valence-electron chi connectivity index (χ2n) is 11.2. The molecule has 1 saturated heterocycles. The first-order valence-electron chi connectivity index (χ1n) is 12.8. The van der Waals surface area contributed by atoms with Crippen LogP contribution in [0.15, 0.2) is 0 Å². The molecular formula is C25H40F2N4O6. The van der Waals surface area contributed by atoms with Gasteiger partial charge >= 0.3 is 6.09 Å². The Morgan fingerprint density at radius 3 is 2.14 bits per heavy atom. The second-order valence-corrected chi connectivity index (χ2v) is 11.2. The van der Waals surface area contributed by atoms with Gasteiger partial charge in [-0.1, -0.05) is 34.1 Å². The van der Waals surface area contributed by atoms with Crippen molar-refractivity contribution in [3.05, 3.63) is 0 Å². The van der Waals surface area contributed by atoms with E-state index in [2.05, 4.69) is 20.7 Å². The Labute approximate surface area is 216 Å². The number of Topliss-reactive ketones (excluding diaryl/α,β-unsaturated/α-hetero) is 1. The molecule has 0 aromatic heterocycles. The van der Waals surface area contributed by atoms with Gasteiger partial charge in [-0.15, -0.1) is 0 Å². The van der Waals surface area contributed by atoms with Crippen LogP contribution in [0.1, 0.15) is 73.1 Å². The number of methoxy groups -OCH3 is 1. The van der Waals surface area contributed by atoms with Gasteiger partial charge in [0.2, 0.25) is 23.5 Å². The highest BCUT2D eigenvalue weighted by Crippen LogP contribution is 2.31. The number of nitrogens with zero attached hydrogens (tertiary/aromatic N) is 1. The smallest absolute Gasteiger partial charge is 0.407 e. The molecule has 37 heavy (non-hydrogen) atoms. The summed E-state index contributed by atoms with van der Waals surface area (Å²) < 4.78 is 31.9. The topological polar surface area (TPSA) is 134 Å². The number of likely N-dealkylation sites (tertiary alicyclic amines) is 1. The maximum absolute atomic E-state index is 13.6. The maximum atomic E-state index is 13.6. The van der Waals surface area contributed by atoms with E-state index >= 15 is 0 Å². The van der Waals surface area contributed by atoms with Crippen LogP contribution in [0.3, 0.4) is 0 Å². The van der Waals surface area contributed by atoms with Gasteiger partial charge in [0.05, 0.1) is 13.2 Å². The zero-order valence-electron chi connectivity index (χ0n) is 22.5. The van der Waals surface area contributed by atoms with E-state index in [9.17, 15) is 32.8 Å². The lowest BCUT2D eigenvalue weighted by Gasteiger charge is -2.36. The standard InChI is InChI=1S/C25H40F2N4O6/c1-7-14-11-13-31(22(35)19(24(2,3)4)30-23(36)37-6)17(14)20(33)29-16(10-12-25(5,26)27)18(32)21(34)28-15-8-9-15/h14-17,19H,7-13H2,1-6H3,(H,28,34)(H,29,33)(H,30,36)/t14?,16-,17?,19+/m0/s1. The Balaban J connectivity index is 2.28. The molecule has 0 spiro atoms. The molecule has 0 aromatic rings. The maximum Gasteiger partial charge on any atom is 0.407 e. The zero-order valence-corrected chi connectivity index (χ0v) is 22.5. The first kappa shape index (κ1) is 30.4. The average molecular weight is 531 g/mol. The van der Waals surface area contributed by atoms with Crippen LogP contribution < -0.4 is 16.0 Å². The van der Waals surface area contributed by atoms with Gasteiger partial charge in [-0.3, -0.25) is 19.2 Å². The lowest BCUT2D eigenvalue weighted by Crippen LogP contribution is -2.60. The van der Waals surface area contributed by atoms with Crippen LogP contribution in [0.2, 0.25) is 0 Å². The lowest BCUT2D eigenvalue weighted by atomic mass is 9.85. The molecule has 1 saturated carbocycles. The number of ether oxygens (including phenoxy) is 1. The summed E-state index contributed by atoms with van der Waals surface area (Å²) in [5.41, 5.74) is -0.720. The van der Waals surface area contributed by atoms with Crippen molar-refractivity contribution in [3.63, 3.8) is 0 Å². The summed E-state index contributed by atoms with van der Waals surface area (Å²) in [5.74, 6) is -6.46. The van der Waals surface area contributed by atoms with E-state index in [0.29, 0.717) is 19.8 Å². The van der Waals surface area contributed by atoms with Crippen LogP contribution in [0.5, 0.6) is 0 Å². The molecule has 10 nitrogen and oxygen atoms in total. The molecule has 0 aromatic carbocycles. The fourth-order valence-corrected chi connectivity index (χ4v) is 4.44. The summed E-state index contributed by atoms with van der Waals surface area (Å²) in [4.78, 5) is 65.5. The Bertz CT molecular complexity index is 881. The fraction of sp³-hybridized carbons (Fsp3) is 0.800. The van der Waals surface area contributed by atoms with Gasteiger partial charge in [0.1, 0.15) is 12.1 Å². The van der Waals surface area contributed by atoms with E-state index in [0.717, 1.165) is 12.8 Å². The van der Waals surface area contributed by atoms with Crippen LogP contribution in [-0.4, -0.2) is 78.2 Å². The third-order valence-electron chi connectivity index (χ3n) is 6.80. The molecule has 0 bridgehead atoms. The minimum absolute atomic E-state index is 0.121. The van der Waals surface area contributed by atoms with E-state index < -0.39 is 71.9 Å². The van der Waals surface area contributed by atoms with Gasteiger partial charge < -0.3 is 25.6 Å². The highest BCUT2D eigenvalue weighted by Gasteiger charge is 2.46. The second kappa shape index (κ2) is 12.2. The van der Waals surface area contributed by atoms with E-state index in [4.69, 9.17) is 0 Å². The van der Waals surface area contributed by atoms with Crippen LogP contribution in [0, 0.1) is 11.3 Å². The van der Waals surface area contributed by atoms with Gasteiger partial charge in [-0.05, 0) is 43.9 Å². The third-order valence-corrected chi connectivity index (χ3v) is 6.80. The van der Waals surface area contributed by atoms with Gasteiger partial charge in [0.25, 0.3) is 5.91 Å². The quantitative estimate of drug-likeness (QED) is 0.351. The molecule has 1 aliphatic heterocycles. The number of halogens is 2. The van der Waals surface area contributed by atoms with Crippen LogP contribution in [0.4, 0.5) is 13.6 Å².